The van der Waals surface area contributed by atoms with Crippen molar-refractivity contribution in [3.63, 3.8) is 0 Å². The van der Waals surface area contributed by atoms with E-state index in [1.54, 1.807) is 0 Å². The average molecular weight is 667 g/mol. The zero-order valence-corrected chi connectivity index (χ0v) is 30.1. The molecule has 2 atom stereocenters. The first-order valence-corrected chi connectivity index (χ1v) is 18.7. The van der Waals surface area contributed by atoms with Crippen LogP contribution >= 0.6 is 0 Å². The Hall–Kier alpha value is -5.22. The van der Waals surface area contributed by atoms with Gasteiger partial charge in [-0.3, -0.25) is 4.98 Å². The van der Waals surface area contributed by atoms with Crippen molar-refractivity contribution in [3.05, 3.63) is 156 Å². The Morgan fingerprint density at radius 3 is 2.24 bits per heavy atom. The van der Waals surface area contributed by atoms with E-state index in [4.69, 9.17) is 19.9 Å². The summed E-state index contributed by atoms with van der Waals surface area (Å²) < 4.78 is 0. The first-order valence-electron chi connectivity index (χ1n) is 18.7. The summed E-state index contributed by atoms with van der Waals surface area (Å²) in [5.74, 6) is 2.69. The Kier molecular flexibility index (Phi) is 9.17. The quantitative estimate of drug-likeness (QED) is 0.173. The lowest BCUT2D eigenvalue weighted by Gasteiger charge is -2.39. The Morgan fingerprint density at radius 2 is 1.47 bits per heavy atom. The maximum absolute atomic E-state index is 5.25. The zero-order chi connectivity index (χ0) is 34.8. The highest BCUT2D eigenvalue weighted by Gasteiger charge is 2.37. The molecule has 4 nitrogen and oxygen atoms in total. The summed E-state index contributed by atoms with van der Waals surface area (Å²) in [6, 6.07) is 31.0. The molecule has 0 saturated heterocycles. The molecule has 254 valence electrons. The number of hydrogen-bond acceptors (Lipinski definition) is 4. The van der Waals surface area contributed by atoms with Crippen molar-refractivity contribution >= 4 is 11.1 Å². The summed E-state index contributed by atoms with van der Waals surface area (Å²) in [6.07, 6.45) is 22.0. The van der Waals surface area contributed by atoms with Gasteiger partial charge >= 0.3 is 0 Å². The first kappa shape index (κ1) is 33.0. The summed E-state index contributed by atoms with van der Waals surface area (Å²) in [7, 11) is 0. The maximum atomic E-state index is 5.25. The number of rotatable bonds is 7. The van der Waals surface area contributed by atoms with Crippen LogP contribution in [-0.4, -0.2) is 19.9 Å². The van der Waals surface area contributed by atoms with Crippen LogP contribution in [0.15, 0.2) is 121 Å². The van der Waals surface area contributed by atoms with Crippen LogP contribution in [0, 0.1) is 13.8 Å². The van der Waals surface area contributed by atoms with E-state index in [0.717, 1.165) is 91.4 Å². The van der Waals surface area contributed by atoms with Crippen LogP contribution in [0.1, 0.15) is 98.4 Å². The van der Waals surface area contributed by atoms with Crippen molar-refractivity contribution in [2.45, 2.75) is 83.5 Å². The van der Waals surface area contributed by atoms with E-state index in [9.17, 15) is 0 Å². The third-order valence-electron chi connectivity index (χ3n) is 11.1. The molecule has 2 aromatic heterocycles. The summed E-state index contributed by atoms with van der Waals surface area (Å²) in [5, 5.41) is 0. The number of hydrogen-bond donors (Lipinski definition) is 0. The molecule has 0 amide bonds. The van der Waals surface area contributed by atoms with Gasteiger partial charge < -0.3 is 0 Å². The molecular weight excluding hydrogens is 621 g/mol. The topological polar surface area (TPSA) is 51.6 Å². The van der Waals surface area contributed by atoms with Gasteiger partial charge in [0.05, 0.1) is 0 Å². The van der Waals surface area contributed by atoms with Crippen molar-refractivity contribution in [1.82, 2.24) is 19.9 Å². The number of pyridine rings is 1. The summed E-state index contributed by atoms with van der Waals surface area (Å²) >= 11 is 0. The second-order valence-electron chi connectivity index (χ2n) is 14.8. The van der Waals surface area contributed by atoms with E-state index in [-0.39, 0.29) is 11.3 Å². The van der Waals surface area contributed by atoms with Crippen LogP contribution in [0.5, 0.6) is 0 Å². The lowest BCUT2D eigenvalue weighted by Crippen LogP contribution is -2.31. The summed E-state index contributed by atoms with van der Waals surface area (Å²) in [6.45, 7) is 6.64. The van der Waals surface area contributed by atoms with Gasteiger partial charge in [0.2, 0.25) is 0 Å². The molecule has 0 aliphatic heterocycles. The number of benzene rings is 3. The Bertz CT molecular complexity index is 2190. The molecule has 0 bridgehead atoms. The van der Waals surface area contributed by atoms with Crippen LogP contribution in [-0.2, 0) is 5.41 Å². The number of aromatic nitrogens is 4. The fourth-order valence-corrected chi connectivity index (χ4v) is 8.38. The Balaban J connectivity index is 1.16. The van der Waals surface area contributed by atoms with Gasteiger partial charge in [0, 0.05) is 28.4 Å². The van der Waals surface area contributed by atoms with E-state index in [0.29, 0.717) is 0 Å². The molecule has 0 spiro atoms. The number of allylic oxidation sites excluding steroid dienone is 8. The molecule has 3 aromatic carbocycles. The number of aryl methyl sites for hydroxylation is 2. The fourth-order valence-electron chi connectivity index (χ4n) is 8.38. The van der Waals surface area contributed by atoms with Gasteiger partial charge in [0.25, 0.3) is 0 Å². The maximum Gasteiger partial charge on any atom is 0.163 e. The highest BCUT2D eigenvalue weighted by Crippen LogP contribution is 2.46. The molecule has 4 heteroatoms. The lowest BCUT2D eigenvalue weighted by atomic mass is 9.66. The second kappa shape index (κ2) is 14.2. The van der Waals surface area contributed by atoms with Crippen molar-refractivity contribution in [3.8, 4) is 33.6 Å². The molecule has 1 fully saturated rings. The van der Waals surface area contributed by atoms with Crippen molar-refractivity contribution in [2.75, 3.05) is 0 Å². The molecule has 1 unspecified atom stereocenters. The monoisotopic (exact) mass is 666 g/mol. The van der Waals surface area contributed by atoms with E-state index >= 15 is 0 Å². The molecule has 5 aromatic rings. The Labute approximate surface area is 302 Å². The standard InChI is InChI=1S/C47H46N4/c1-32-21-28-43(33(2)48-32)47(3)29-13-20-40(31-47)46-50-44(37-18-11-6-12-19-37)49-45(51-46)38-24-22-36(23-25-38)41-27-26-39(34-14-7-4-8-15-34)30-42(41)35-16-9-5-10-17-35/h4-5,7,9-11,14,16-19,21-28,30,40H,6,8,12-13,15,20,29,31H2,1-3H3/t40?,47-/m1/s1. The van der Waals surface area contributed by atoms with Gasteiger partial charge in [0.1, 0.15) is 5.82 Å². The molecule has 51 heavy (non-hydrogen) atoms. The fraction of sp³-hybridized carbons (Fsp3) is 0.277. The second-order valence-corrected chi connectivity index (χ2v) is 14.8. The molecule has 3 aliphatic carbocycles. The average Bonchev–Trinajstić information content (AvgIpc) is 3.18. The van der Waals surface area contributed by atoms with Gasteiger partial charge in [-0.25, -0.2) is 15.0 Å². The van der Waals surface area contributed by atoms with E-state index < -0.39 is 0 Å². The summed E-state index contributed by atoms with van der Waals surface area (Å²) in [5.41, 5.74) is 13.3. The molecule has 3 aliphatic rings. The first-order chi connectivity index (χ1) is 24.9. The molecular formula is C47H46N4. The minimum absolute atomic E-state index is 0.0303. The molecule has 2 heterocycles. The minimum Gasteiger partial charge on any atom is -0.258 e. The lowest BCUT2D eigenvalue weighted by molar-refractivity contribution is 0.279. The number of nitrogens with zero attached hydrogens (tertiary/aromatic N) is 4. The molecule has 0 radical (unpaired) electrons. The van der Waals surface area contributed by atoms with E-state index in [2.05, 4.69) is 142 Å². The third kappa shape index (κ3) is 6.93. The van der Waals surface area contributed by atoms with Gasteiger partial charge in [-0.05, 0) is 115 Å². The minimum atomic E-state index is 0.0303. The van der Waals surface area contributed by atoms with Crippen LogP contribution in [0.4, 0.5) is 0 Å². The van der Waals surface area contributed by atoms with Gasteiger partial charge in [-0.15, -0.1) is 0 Å². The van der Waals surface area contributed by atoms with Crippen molar-refractivity contribution < 1.29 is 0 Å². The predicted molar refractivity (Wildman–Crippen MR) is 211 cm³/mol. The summed E-state index contributed by atoms with van der Waals surface area (Å²) in [4.78, 5) is 20.4. The van der Waals surface area contributed by atoms with Gasteiger partial charge in [-0.1, -0.05) is 123 Å². The molecule has 8 rings (SSSR count). The zero-order valence-electron chi connectivity index (χ0n) is 30.1. The van der Waals surface area contributed by atoms with Crippen LogP contribution in [0.25, 0.3) is 44.8 Å². The smallest absolute Gasteiger partial charge is 0.163 e. The SMILES string of the molecule is Cc1ccc([C@]2(C)CCCC(c3nc(C4=CCCC=C4)nc(-c4ccc(-c5ccc(C6=CC=CCC6)cc5-c5ccccc5)cc4)n3)C2)c(C)n1. The van der Waals surface area contributed by atoms with Gasteiger partial charge in [-0.2, -0.15) is 0 Å². The third-order valence-corrected chi connectivity index (χ3v) is 11.1. The van der Waals surface area contributed by atoms with Crippen molar-refractivity contribution in [1.29, 1.82) is 0 Å². The highest BCUT2D eigenvalue weighted by atomic mass is 15.0. The highest BCUT2D eigenvalue weighted by molar-refractivity contribution is 5.87. The molecule has 1 saturated carbocycles. The predicted octanol–water partition coefficient (Wildman–Crippen LogP) is 12.0. The molecule has 0 N–H and O–H groups in total. The van der Waals surface area contributed by atoms with E-state index in [1.807, 2.05) is 0 Å². The largest absolute Gasteiger partial charge is 0.258 e. The van der Waals surface area contributed by atoms with Gasteiger partial charge in [0.15, 0.2) is 11.6 Å². The van der Waals surface area contributed by atoms with Crippen molar-refractivity contribution in [2.24, 2.45) is 0 Å². The Morgan fingerprint density at radius 1 is 0.686 bits per heavy atom. The van der Waals surface area contributed by atoms with Crippen LogP contribution < -0.4 is 0 Å². The van der Waals surface area contributed by atoms with E-state index in [1.165, 1.54) is 39.0 Å². The van der Waals surface area contributed by atoms with Crippen LogP contribution in [0.2, 0.25) is 0 Å². The van der Waals surface area contributed by atoms with Crippen LogP contribution in [0.3, 0.4) is 0 Å². The normalized spacial score (nSPS) is 20.2.